The molecule has 0 radical (unpaired) electrons. The Morgan fingerprint density at radius 1 is 1.20 bits per heavy atom. The van der Waals surface area contributed by atoms with E-state index in [9.17, 15) is 23.2 Å². The maximum absolute atomic E-state index is 14.3. The molecule has 1 fully saturated rings. The van der Waals surface area contributed by atoms with Crippen LogP contribution in [0.15, 0.2) is 60.8 Å². The molecule has 41 heavy (non-hydrogen) atoms. The van der Waals surface area contributed by atoms with Crippen LogP contribution in [0.2, 0.25) is 0 Å². The van der Waals surface area contributed by atoms with Crippen LogP contribution in [0.4, 0.5) is 13.6 Å². The van der Waals surface area contributed by atoms with Crippen LogP contribution in [-0.2, 0) is 25.8 Å². The smallest absolute Gasteiger partial charge is 0.314 e. The molecular formula is C28H34F2N6O5. The second kappa shape index (κ2) is 14.8. The number of hydrazine groups is 1. The summed E-state index contributed by atoms with van der Waals surface area (Å²) in [6, 6.07) is 11.3. The van der Waals surface area contributed by atoms with E-state index in [1.54, 1.807) is 6.08 Å². The Morgan fingerprint density at radius 2 is 2.00 bits per heavy atom. The molecule has 4 rings (SSSR count). The summed E-state index contributed by atoms with van der Waals surface area (Å²) in [6.07, 6.45) is 2.84. The first-order valence-corrected chi connectivity index (χ1v) is 13.4. The number of urea groups is 1. The molecule has 2 heterocycles. The Morgan fingerprint density at radius 3 is 2.71 bits per heavy atom. The van der Waals surface area contributed by atoms with Gasteiger partial charge in [-0.05, 0) is 24.1 Å². The third kappa shape index (κ3) is 7.93. The highest BCUT2D eigenvalue weighted by molar-refractivity contribution is 5.74. The second-order valence-corrected chi connectivity index (χ2v) is 9.61. The molecule has 0 saturated carbocycles. The SMILES string of the molecule is CC(=O)N(NCc1cccc(F)c1F)[C@@H](CCC=O)C(ONC(=O)N1C=CC(c2ccccc2)O1)C1CNCCN1. The van der Waals surface area contributed by atoms with Crippen molar-refractivity contribution in [1.29, 1.82) is 0 Å². The van der Waals surface area contributed by atoms with Gasteiger partial charge in [0.15, 0.2) is 11.6 Å². The van der Waals surface area contributed by atoms with Crippen molar-refractivity contribution in [3.63, 3.8) is 0 Å². The van der Waals surface area contributed by atoms with E-state index in [1.807, 2.05) is 30.3 Å². The van der Waals surface area contributed by atoms with E-state index in [-0.39, 0.29) is 31.0 Å². The molecule has 4 atom stereocenters. The number of piperazine rings is 1. The standard InChI is InChI=1S/C28H34F2N6O5/c1-19(38)36(33-17-21-9-5-10-22(29)26(21)30)24(11-6-16-37)27(23-18-31-13-14-32-23)40-34-28(39)35-15-12-25(41-35)20-7-3-2-4-8-20/h2-5,7-10,12,15-16,23-25,27,31-33H,6,11,13-14,17-18H2,1H3,(H,34,39)/t23?,24-,25?,27?/m0/s1. The van der Waals surface area contributed by atoms with Gasteiger partial charge in [0.2, 0.25) is 5.91 Å². The molecule has 2 aliphatic heterocycles. The molecule has 11 nitrogen and oxygen atoms in total. The highest BCUT2D eigenvalue weighted by Gasteiger charge is 2.38. The number of hydrogen-bond donors (Lipinski definition) is 4. The largest absolute Gasteiger partial charge is 0.369 e. The van der Waals surface area contributed by atoms with Crippen LogP contribution in [0.5, 0.6) is 0 Å². The first-order chi connectivity index (χ1) is 19.9. The predicted molar refractivity (Wildman–Crippen MR) is 144 cm³/mol. The Balaban J connectivity index is 1.50. The molecule has 0 aromatic heterocycles. The Kier molecular flexibility index (Phi) is 10.9. The van der Waals surface area contributed by atoms with Crippen LogP contribution in [0.3, 0.4) is 0 Å². The van der Waals surface area contributed by atoms with E-state index >= 15 is 0 Å². The van der Waals surface area contributed by atoms with Crippen LogP contribution in [0.1, 0.15) is 37.0 Å². The summed E-state index contributed by atoms with van der Waals surface area (Å²) in [4.78, 5) is 48.8. The van der Waals surface area contributed by atoms with Gasteiger partial charge in [0, 0.05) is 51.3 Å². The monoisotopic (exact) mass is 572 g/mol. The molecule has 13 heteroatoms. The van der Waals surface area contributed by atoms with E-state index in [1.165, 1.54) is 30.3 Å². The van der Waals surface area contributed by atoms with Gasteiger partial charge in [-0.3, -0.25) is 19.5 Å². The van der Waals surface area contributed by atoms with Crippen LogP contribution in [0.25, 0.3) is 0 Å². The minimum absolute atomic E-state index is 0.0135. The molecule has 3 amide bonds. The number of amides is 3. The Labute approximate surface area is 236 Å². The lowest BCUT2D eigenvalue weighted by Crippen LogP contribution is -2.64. The average Bonchev–Trinajstić information content (AvgIpc) is 3.49. The van der Waals surface area contributed by atoms with Gasteiger partial charge in [-0.1, -0.05) is 42.5 Å². The predicted octanol–water partition coefficient (Wildman–Crippen LogP) is 2.24. The zero-order valence-corrected chi connectivity index (χ0v) is 22.6. The van der Waals surface area contributed by atoms with Crippen molar-refractivity contribution in [2.24, 2.45) is 0 Å². The molecule has 2 aromatic carbocycles. The summed E-state index contributed by atoms with van der Waals surface area (Å²) in [5.74, 6) is -2.48. The van der Waals surface area contributed by atoms with Crippen molar-refractivity contribution in [3.8, 4) is 0 Å². The average molecular weight is 573 g/mol. The first-order valence-electron chi connectivity index (χ1n) is 13.4. The van der Waals surface area contributed by atoms with Crippen molar-refractivity contribution in [3.05, 3.63) is 83.6 Å². The second-order valence-electron chi connectivity index (χ2n) is 9.61. The van der Waals surface area contributed by atoms with E-state index in [2.05, 4.69) is 21.5 Å². The molecule has 0 aliphatic carbocycles. The minimum Gasteiger partial charge on any atom is -0.314 e. The summed E-state index contributed by atoms with van der Waals surface area (Å²) < 4.78 is 28.1. The number of aldehydes is 1. The quantitative estimate of drug-likeness (QED) is 0.226. The lowest BCUT2D eigenvalue weighted by Gasteiger charge is -2.41. The van der Waals surface area contributed by atoms with Crippen molar-refractivity contribution in [1.82, 2.24) is 31.6 Å². The zero-order chi connectivity index (χ0) is 29.2. The van der Waals surface area contributed by atoms with Crippen LogP contribution in [-0.4, -0.2) is 66.1 Å². The fourth-order valence-corrected chi connectivity index (χ4v) is 4.78. The van der Waals surface area contributed by atoms with Gasteiger partial charge in [0.25, 0.3) is 0 Å². The number of nitrogens with zero attached hydrogens (tertiary/aromatic N) is 2. The van der Waals surface area contributed by atoms with Crippen LogP contribution < -0.4 is 21.5 Å². The number of hydrogen-bond acceptors (Lipinski definition) is 8. The number of carbonyl (C=O) groups is 3. The number of hydroxylamine groups is 3. The van der Waals surface area contributed by atoms with Gasteiger partial charge < -0.3 is 15.4 Å². The third-order valence-corrected chi connectivity index (χ3v) is 6.80. The maximum atomic E-state index is 14.3. The van der Waals surface area contributed by atoms with E-state index in [0.29, 0.717) is 25.9 Å². The molecule has 220 valence electrons. The number of halogens is 2. The van der Waals surface area contributed by atoms with E-state index < -0.39 is 41.8 Å². The van der Waals surface area contributed by atoms with E-state index in [4.69, 9.17) is 9.68 Å². The number of benzene rings is 2. The van der Waals surface area contributed by atoms with Crippen molar-refractivity contribution < 1.29 is 32.8 Å². The Bertz CT molecular complexity index is 1210. The van der Waals surface area contributed by atoms with Crippen molar-refractivity contribution in [2.75, 3.05) is 19.6 Å². The minimum atomic E-state index is -1.03. The topological polar surface area (TPSA) is 124 Å². The number of rotatable bonds is 12. The highest BCUT2D eigenvalue weighted by atomic mass is 19.2. The number of carbonyl (C=O) groups excluding carboxylic acids is 3. The summed E-state index contributed by atoms with van der Waals surface area (Å²) >= 11 is 0. The fourth-order valence-electron chi connectivity index (χ4n) is 4.78. The normalized spacial score (nSPS) is 19.9. The molecular weight excluding hydrogens is 538 g/mol. The Hall–Kier alpha value is -3.75. The molecule has 0 spiro atoms. The zero-order valence-electron chi connectivity index (χ0n) is 22.6. The first kappa shape index (κ1) is 30.2. The highest BCUT2D eigenvalue weighted by Crippen LogP contribution is 2.26. The third-order valence-electron chi connectivity index (χ3n) is 6.80. The van der Waals surface area contributed by atoms with Crippen LogP contribution >= 0.6 is 0 Å². The van der Waals surface area contributed by atoms with Gasteiger partial charge in [-0.25, -0.2) is 24.5 Å². The summed E-state index contributed by atoms with van der Waals surface area (Å²) in [6.45, 7) is 2.84. The molecule has 3 unspecified atom stereocenters. The van der Waals surface area contributed by atoms with Crippen molar-refractivity contribution in [2.45, 2.75) is 50.6 Å². The lowest BCUT2D eigenvalue weighted by molar-refractivity contribution is -0.149. The molecule has 0 bridgehead atoms. The van der Waals surface area contributed by atoms with Gasteiger partial charge in [-0.2, -0.15) is 5.06 Å². The lowest BCUT2D eigenvalue weighted by atomic mass is 9.97. The molecule has 4 N–H and O–H groups in total. The molecule has 2 aromatic rings. The summed E-state index contributed by atoms with van der Waals surface area (Å²) in [5.41, 5.74) is 6.16. The fraction of sp³-hybridized carbons (Fsp3) is 0.393. The van der Waals surface area contributed by atoms with Gasteiger partial charge >= 0.3 is 6.03 Å². The maximum Gasteiger partial charge on any atom is 0.369 e. The van der Waals surface area contributed by atoms with Gasteiger partial charge in [0.05, 0.1) is 12.1 Å². The summed E-state index contributed by atoms with van der Waals surface area (Å²) in [5, 5.41) is 8.81. The molecule has 1 saturated heterocycles. The van der Waals surface area contributed by atoms with Gasteiger partial charge in [-0.15, -0.1) is 0 Å². The number of nitrogens with one attached hydrogen (secondary N) is 4. The van der Waals surface area contributed by atoms with Crippen molar-refractivity contribution >= 4 is 18.2 Å². The van der Waals surface area contributed by atoms with Gasteiger partial charge in [0.1, 0.15) is 18.5 Å². The summed E-state index contributed by atoms with van der Waals surface area (Å²) in [7, 11) is 0. The van der Waals surface area contributed by atoms with Crippen LogP contribution in [0, 0.1) is 11.6 Å². The van der Waals surface area contributed by atoms with E-state index in [0.717, 1.165) is 16.7 Å². The molecule has 2 aliphatic rings.